The number of nitrogens with one attached hydrogen (secondary N) is 1. The molecule has 0 aliphatic carbocycles. The summed E-state index contributed by atoms with van der Waals surface area (Å²) in [6.45, 7) is 4.98. The molecule has 2 rings (SSSR count). The quantitative estimate of drug-likeness (QED) is 0.745. The van der Waals surface area contributed by atoms with Gasteiger partial charge in [-0.05, 0) is 45.8 Å². The van der Waals surface area contributed by atoms with Gasteiger partial charge in [-0.1, -0.05) is 31.5 Å². The molecule has 0 aliphatic heterocycles. The fourth-order valence-electron chi connectivity index (χ4n) is 1.73. The van der Waals surface area contributed by atoms with Crippen molar-refractivity contribution in [2.24, 2.45) is 0 Å². The molecule has 0 unspecified atom stereocenters. The normalized spacial score (nSPS) is 11.0. The van der Waals surface area contributed by atoms with Crippen molar-refractivity contribution in [3.63, 3.8) is 0 Å². The van der Waals surface area contributed by atoms with Crippen LogP contribution in [0.4, 0.5) is 4.39 Å². The molecule has 0 radical (unpaired) electrons. The zero-order chi connectivity index (χ0) is 15.4. The molecule has 0 aromatic heterocycles. The Balaban J connectivity index is 2.11. The highest BCUT2D eigenvalue weighted by molar-refractivity contribution is 9.10. The lowest BCUT2D eigenvalue weighted by molar-refractivity contribution is 0.473. The van der Waals surface area contributed by atoms with Gasteiger partial charge in [0.05, 0.1) is 9.50 Å². The number of hydrogen-bond donors (Lipinski definition) is 1. The molecule has 0 saturated carbocycles. The standard InChI is InChI=1S/C16H16BrClFNO/c1-10(2)20-9-11-3-6-16(13(17)7-11)21-12-4-5-14(18)15(19)8-12/h3-8,10,20H,9H2,1-2H3. The lowest BCUT2D eigenvalue weighted by atomic mass is 10.2. The minimum Gasteiger partial charge on any atom is -0.456 e. The predicted octanol–water partition coefficient (Wildman–Crippen LogP) is 5.53. The molecule has 0 fully saturated rings. The van der Waals surface area contributed by atoms with Crippen LogP contribution >= 0.6 is 27.5 Å². The Labute approximate surface area is 137 Å². The van der Waals surface area contributed by atoms with Gasteiger partial charge in [-0.2, -0.15) is 0 Å². The van der Waals surface area contributed by atoms with E-state index in [0.29, 0.717) is 17.5 Å². The molecule has 0 aliphatic rings. The van der Waals surface area contributed by atoms with Gasteiger partial charge in [0, 0.05) is 18.7 Å². The van der Waals surface area contributed by atoms with Crippen LogP contribution < -0.4 is 10.1 Å². The molecule has 2 aromatic rings. The Bertz CT molecular complexity index is 634. The van der Waals surface area contributed by atoms with Crippen LogP contribution in [0.1, 0.15) is 19.4 Å². The number of hydrogen-bond acceptors (Lipinski definition) is 2. The van der Waals surface area contributed by atoms with Crippen LogP contribution in [-0.4, -0.2) is 6.04 Å². The second kappa shape index (κ2) is 7.25. The molecule has 0 saturated heterocycles. The van der Waals surface area contributed by atoms with Gasteiger partial charge in [0.2, 0.25) is 0 Å². The van der Waals surface area contributed by atoms with Crippen LogP contribution in [0.5, 0.6) is 11.5 Å². The van der Waals surface area contributed by atoms with E-state index in [9.17, 15) is 4.39 Å². The molecule has 1 N–H and O–H groups in total. The minimum absolute atomic E-state index is 0.0801. The van der Waals surface area contributed by atoms with Crippen molar-refractivity contribution in [2.45, 2.75) is 26.4 Å². The van der Waals surface area contributed by atoms with Crippen LogP contribution in [0.15, 0.2) is 40.9 Å². The molecule has 0 atom stereocenters. The molecule has 112 valence electrons. The summed E-state index contributed by atoms with van der Waals surface area (Å²) in [5.74, 6) is 0.540. The van der Waals surface area contributed by atoms with Crippen molar-refractivity contribution >= 4 is 27.5 Å². The van der Waals surface area contributed by atoms with Gasteiger partial charge in [-0.25, -0.2) is 4.39 Å². The molecule has 5 heteroatoms. The van der Waals surface area contributed by atoms with Crippen LogP contribution in [0, 0.1) is 5.82 Å². The lowest BCUT2D eigenvalue weighted by Gasteiger charge is -2.11. The van der Waals surface area contributed by atoms with Gasteiger partial charge in [-0.15, -0.1) is 0 Å². The summed E-state index contributed by atoms with van der Waals surface area (Å²) in [4.78, 5) is 0. The first-order valence-corrected chi connectivity index (χ1v) is 7.77. The molecule has 0 bridgehead atoms. The van der Waals surface area contributed by atoms with Crippen LogP contribution in [0.3, 0.4) is 0 Å². The Morgan fingerprint density at radius 1 is 1.24 bits per heavy atom. The second-order valence-electron chi connectivity index (χ2n) is 4.98. The fourth-order valence-corrected chi connectivity index (χ4v) is 2.35. The van der Waals surface area contributed by atoms with E-state index < -0.39 is 5.82 Å². The zero-order valence-electron chi connectivity index (χ0n) is 11.8. The second-order valence-corrected chi connectivity index (χ2v) is 6.24. The largest absolute Gasteiger partial charge is 0.456 e. The van der Waals surface area contributed by atoms with E-state index in [-0.39, 0.29) is 5.02 Å². The summed E-state index contributed by atoms with van der Waals surface area (Å²) in [5.41, 5.74) is 1.14. The van der Waals surface area contributed by atoms with E-state index >= 15 is 0 Å². The molecule has 0 spiro atoms. The van der Waals surface area contributed by atoms with Gasteiger partial charge in [-0.3, -0.25) is 0 Å². The molecule has 21 heavy (non-hydrogen) atoms. The molecule has 0 heterocycles. The minimum atomic E-state index is -0.497. The summed E-state index contributed by atoms with van der Waals surface area (Å²) < 4.78 is 19.9. The van der Waals surface area contributed by atoms with Gasteiger partial charge in [0.25, 0.3) is 0 Å². The summed E-state index contributed by atoms with van der Waals surface area (Å²) in [6, 6.07) is 10.6. The van der Waals surface area contributed by atoms with Crippen LogP contribution in [-0.2, 0) is 6.54 Å². The van der Waals surface area contributed by atoms with Crippen molar-refractivity contribution in [3.05, 3.63) is 57.3 Å². The van der Waals surface area contributed by atoms with Crippen molar-refractivity contribution < 1.29 is 9.13 Å². The zero-order valence-corrected chi connectivity index (χ0v) is 14.1. The van der Waals surface area contributed by atoms with Gasteiger partial charge >= 0.3 is 0 Å². The van der Waals surface area contributed by atoms with Crippen molar-refractivity contribution in [2.75, 3.05) is 0 Å². The Morgan fingerprint density at radius 3 is 2.62 bits per heavy atom. The average molecular weight is 373 g/mol. The number of ether oxygens (including phenoxy) is 1. The summed E-state index contributed by atoms with van der Waals surface area (Å²) in [5, 5.41) is 3.43. The Morgan fingerprint density at radius 2 is 2.00 bits per heavy atom. The van der Waals surface area contributed by atoms with Gasteiger partial charge in [0.1, 0.15) is 17.3 Å². The average Bonchev–Trinajstić information content (AvgIpc) is 2.43. The fraction of sp³-hybridized carbons (Fsp3) is 0.250. The van der Waals surface area contributed by atoms with Crippen molar-refractivity contribution in [1.82, 2.24) is 5.32 Å². The maximum absolute atomic E-state index is 13.4. The van der Waals surface area contributed by atoms with Gasteiger partial charge < -0.3 is 10.1 Å². The smallest absolute Gasteiger partial charge is 0.145 e. The first-order chi connectivity index (χ1) is 9.95. The number of rotatable bonds is 5. The Hall–Kier alpha value is -1.10. The van der Waals surface area contributed by atoms with Gasteiger partial charge in [0.15, 0.2) is 0 Å². The maximum Gasteiger partial charge on any atom is 0.145 e. The van der Waals surface area contributed by atoms with Crippen molar-refractivity contribution in [3.8, 4) is 11.5 Å². The topological polar surface area (TPSA) is 21.3 Å². The summed E-state index contributed by atoms with van der Waals surface area (Å²) >= 11 is 9.12. The van der Waals surface area contributed by atoms with Crippen LogP contribution in [0.25, 0.3) is 0 Å². The molecular weight excluding hydrogens is 357 g/mol. The van der Waals surface area contributed by atoms with E-state index in [2.05, 4.69) is 35.1 Å². The molecule has 2 aromatic carbocycles. The highest BCUT2D eigenvalue weighted by Gasteiger charge is 2.07. The third-order valence-corrected chi connectivity index (χ3v) is 3.76. The van der Waals surface area contributed by atoms with E-state index in [4.69, 9.17) is 16.3 Å². The summed E-state index contributed by atoms with van der Waals surface area (Å²) in [7, 11) is 0. The molecular formula is C16H16BrClFNO. The maximum atomic E-state index is 13.4. The number of benzene rings is 2. The summed E-state index contributed by atoms with van der Waals surface area (Å²) in [6.07, 6.45) is 0. The monoisotopic (exact) mass is 371 g/mol. The van der Waals surface area contributed by atoms with Crippen LogP contribution in [0.2, 0.25) is 5.02 Å². The Kier molecular flexibility index (Phi) is 5.62. The first-order valence-electron chi connectivity index (χ1n) is 6.60. The first kappa shape index (κ1) is 16.3. The SMILES string of the molecule is CC(C)NCc1ccc(Oc2ccc(Cl)c(F)c2)c(Br)c1. The van der Waals surface area contributed by atoms with E-state index in [0.717, 1.165) is 16.6 Å². The predicted molar refractivity (Wildman–Crippen MR) is 87.6 cm³/mol. The van der Waals surface area contributed by atoms with E-state index in [1.54, 1.807) is 6.07 Å². The van der Waals surface area contributed by atoms with E-state index in [1.807, 2.05) is 18.2 Å². The van der Waals surface area contributed by atoms with E-state index in [1.165, 1.54) is 12.1 Å². The lowest BCUT2D eigenvalue weighted by Crippen LogP contribution is -2.21. The third kappa shape index (κ3) is 4.70. The number of halogens is 3. The van der Waals surface area contributed by atoms with Crippen molar-refractivity contribution in [1.29, 1.82) is 0 Å². The highest BCUT2D eigenvalue weighted by Crippen LogP contribution is 2.31. The third-order valence-electron chi connectivity index (χ3n) is 2.83. The molecule has 0 amide bonds. The molecule has 2 nitrogen and oxygen atoms in total. The highest BCUT2D eigenvalue weighted by atomic mass is 79.9.